The Balaban J connectivity index is 1.25. The predicted octanol–water partition coefficient (Wildman–Crippen LogP) is 2.14. The number of carbonyl (C=O) groups excluding carboxylic acids is 1. The van der Waals surface area contributed by atoms with Crippen LogP contribution in [0, 0.1) is 0 Å². The molecule has 3 heterocycles. The van der Waals surface area contributed by atoms with Gasteiger partial charge < -0.3 is 19.1 Å². The molecule has 136 valence electrons. The Kier molecular flexibility index (Phi) is 4.81. The zero-order chi connectivity index (χ0) is 17.1. The number of benzene rings is 1. The fraction of sp³-hybridized carbons (Fsp3) is 0.632. The molecule has 0 unspecified atom stereocenters. The number of carbonyl (C=O) groups is 1. The number of hydrogen-bond donors (Lipinski definition) is 0. The summed E-state index contributed by atoms with van der Waals surface area (Å²) in [6.45, 7) is 5.41. The van der Waals surface area contributed by atoms with E-state index in [1.807, 2.05) is 30.3 Å². The lowest BCUT2D eigenvalue weighted by molar-refractivity contribution is -0.0111. The fourth-order valence-corrected chi connectivity index (χ4v) is 4.02. The highest BCUT2D eigenvalue weighted by atomic mass is 16.6. The van der Waals surface area contributed by atoms with Gasteiger partial charge in [-0.2, -0.15) is 0 Å². The average Bonchev–Trinajstić information content (AvgIpc) is 3.26. The van der Waals surface area contributed by atoms with Crippen molar-refractivity contribution in [1.82, 2.24) is 9.80 Å². The van der Waals surface area contributed by atoms with Gasteiger partial charge in [0, 0.05) is 38.6 Å². The standard InChI is InChI=1S/C19H26N2O4/c22-18-21(11-13-24-17-4-2-1-3-5-17)15-19(25-18)7-9-20(10-8-19)16-6-12-23-14-16/h1-5,16H,6-15H2/t16-/m0/s1. The molecular formula is C19H26N2O4. The van der Waals surface area contributed by atoms with Crippen molar-refractivity contribution in [3.8, 4) is 5.75 Å². The van der Waals surface area contributed by atoms with Gasteiger partial charge in [-0.3, -0.25) is 4.90 Å². The number of piperidine rings is 1. The molecule has 1 amide bonds. The number of para-hydroxylation sites is 1. The lowest BCUT2D eigenvalue weighted by Crippen LogP contribution is -2.50. The van der Waals surface area contributed by atoms with E-state index in [0.29, 0.717) is 25.7 Å². The maximum absolute atomic E-state index is 12.2. The van der Waals surface area contributed by atoms with E-state index in [1.165, 1.54) is 0 Å². The van der Waals surface area contributed by atoms with Gasteiger partial charge in [0.2, 0.25) is 0 Å². The van der Waals surface area contributed by atoms with Crippen LogP contribution in [0.2, 0.25) is 0 Å². The van der Waals surface area contributed by atoms with E-state index in [4.69, 9.17) is 14.2 Å². The highest BCUT2D eigenvalue weighted by Crippen LogP contribution is 2.34. The zero-order valence-corrected chi connectivity index (χ0v) is 14.6. The molecule has 3 saturated heterocycles. The van der Waals surface area contributed by atoms with Gasteiger partial charge in [0.1, 0.15) is 18.0 Å². The van der Waals surface area contributed by atoms with E-state index >= 15 is 0 Å². The van der Waals surface area contributed by atoms with E-state index in [2.05, 4.69) is 4.90 Å². The van der Waals surface area contributed by atoms with Crippen LogP contribution in [-0.4, -0.2) is 73.5 Å². The minimum Gasteiger partial charge on any atom is -0.492 e. The number of nitrogens with zero attached hydrogens (tertiary/aromatic N) is 2. The summed E-state index contributed by atoms with van der Waals surface area (Å²) in [5.41, 5.74) is -0.306. The molecule has 0 N–H and O–H groups in total. The third-order valence-corrected chi connectivity index (χ3v) is 5.55. The predicted molar refractivity (Wildman–Crippen MR) is 92.8 cm³/mol. The Bertz CT molecular complexity index is 580. The van der Waals surface area contributed by atoms with Gasteiger partial charge in [-0.15, -0.1) is 0 Å². The minimum atomic E-state index is -0.306. The summed E-state index contributed by atoms with van der Waals surface area (Å²) < 4.78 is 17.0. The summed E-state index contributed by atoms with van der Waals surface area (Å²) in [7, 11) is 0. The Morgan fingerprint density at radius 2 is 2.00 bits per heavy atom. The lowest BCUT2D eigenvalue weighted by Gasteiger charge is -2.39. The van der Waals surface area contributed by atoms with Crippen LogP contribution in [-0.2, 0) is 9.47 Å². The second-order valence-electron chi connectivity index (χ2n) is 7.19. The number of hydrogen-bond acceptors (Lipinski definition) is 5. The summed E-state index contributed by atoms with van der Waals surface area (Å²) in [6.07, 6.45) is 2.74. The van der Waals surface area contributed by atoms with Crippen molar-refractivity contribution in [3.63, 3.8) is 0 Å². The smallest absolute Gasteiger partial charge is 0.410 e. The third-order valence-electron chi connectivity index (χ3n) is 5.55. The van der Waals surface area contributed by atoms with E-state index in [0.717, 1.165) is 51.3 Å². The number of amides is 1. The molecule has 0 saturated carbocycles. The van der Waals surface area contributed by atoms with Crippen molar-refractivity contribution in [2.24, 2.45) is 0 Å². The summed E-state index contributed by atoms with van der Waals surface area (Å²) in [5.74, 6) is 0.830. The summed E-state index contributed by atoms with van der Waals surface area (Å²) in [4.78, 5) is 16.5. The van der Waals surface area contributed by atoms with Crippen molar-refractivity contribution >= 4 is 6.09 Å². The molecule has 1 spiro atoms. The van der Waals surface area contributed by atoms with Crippen LogP contribution in [0.4, 0.5) is 4.79 Å². The third kappa shape index (κ3) is 3.75. The van der Waals surface area contributed by atoms with Crippen LogP contribution in [0.15, 0.2) is 30.3 Å². The van der Waals surface area contributed by atoms with E-state index in [9.17, 15) is 4.79 Å². The SMILES string of the molecule is O=C1OC2(CCN([C@H]3CCOC3)CC2)CN1CCOc1ccccc1. The maximum Gasteiger partial charge on any atom is 0.410 e. The molecule has 1 aromatic rings. The van der Waals surface area contributed by atoms with Gasteiger partial charge in [-0.25, -0.2) is 4.79 Å². The highest BCUT2D eigenvalue weighted by Gasteiger charge is 2.47. The van der Waals surface area contributed by atoms with E-state index in [1.54, 1.807) is 4.90 Å². The van der Waals surface area contributed by atoms with Crippen molar-refractivity contribution in [1.29, 1.82) is 0 Å². The Hall–Kier alpha value is -1.79. The molecule has 6 nitrogen and oxygen atoms in total. The molecule has 25 heavy (non-hydrogen) atoms. The van der Waals surface area contributed by atoms with Crippen molar-refractivity contribution in [3.05, 3.63) is 30.3 Å². The molecule has 3 fully saturated rings. The Morgan fingerprint density at radius 1 is 1.20 bits per heavy atom. The summed E-state index contributed by atoms with van der Waals surface area (Å²) in [5, 5.41) is 0. The fourth-order valence-electron chi connectivity index (χ4n) is 4.02. The lowest BCUT2D eigenvalue weighted by atomic mass is 9.90. The molecule has 3 aliphatic rings. The second kappa shape index (κ2) is 7.22. The second-order valence-corrected chi connectivity index (χ2v) is 7.19. The Morgan fingerprint density at radius 3 is 2.72 bits per heavy atom. The van der Waals surface area contributed by atoms with Gasteiger partial charge in [0.15, 0.2) is 0 Å². The molecule has 4 rings (SSSR count). The normalized spacial score (nSPS) is 26.2. The Labute approximate surface area is 148 Å². The molecule has 1 aromatic carbocycles. The van der Waals surface area contributed by atoms with Gasteiger partial charge >= 0.3 is 6.09 Å². The van der Waals surface area contributed by atoms with Gasteiger partial charge in [-0.05, 0) is 18.6 Å². The van der Waals surface area contributed by atoms with E-state index in [-0.39, 0.29) is 11.7 Å². The van der Waals surface area contributed by atoms with Crippen LogP contribution in [0.3, 0.4) is 0 Å². The van der Waals surface area contributed by atoms with Crippen LogP contribution in [0.1, 0.15) is 19.3 Å². The number of rotatable bonds is 5. The molecule has 0 radical (unpaired) electrons. The van der Waals surface area contributed by atoms with Gasteiger partial charge in [-0.1, -0.05) is 18.2 Å². The molecule has 1 atom stereocenters. The highest BCUT2D eigenvalue weighted by molar-refractivity contribution is 5.70. The first-order valence-electron chi connectivity index (χ1n) is 9.22. The minimum absolute atomic E-state index is 0.200. The van der Waals surface area contributed by atoms with E-state index < -0.39 is 0 Å². The summed E-state index contributed by atoms with van der Waals surface area (Å²) >= 11 is 0. The molecule has 0 aliphatic carbocycles. The summed E-state index contributed by atoms with van der Waals surface area (Å²) in [6, 6.07) is 10.2. The largest absolute Gasteiger partial charge is 0.492 e. The monoisotopic (exact) mass is 346 g/mol. The topological polar surface area (TPSA) is 51.2 Å². The zero-order valence-electron chi connectivity index (χ0n) is 14.6. The molecule has 3 aliphatic heterocycles. The first-order chi connectivity index (χ1) is 12.2. The average molecular weight is 346 g/mol. The number of ether oxygens (including phenoxy) is 3. The van der Waals surface area contributed by atoms with Crippen molar-refractivity contribution in [2.75, 3.05) is 46.0 Å². The van der Waals surface area contributed by atoms with Crippen molar-refractivity contribution < 1.29 is 19.0 Å². The number of likely N-dealkylation sites (tertiary alicyclic amines) is 1. The quantitative estimate of drug-likeness (QED) is 0.818. The van der Waals surface area contributed by atoms with Crippen LogP contribution in [0.25, 0.3) is 0 Å². The van der Waals surface area contributed by atoms with Gasteiger partial charge in [0.05, 0.1) is 19.7 Å². The molecule has 6 heteroatoms. The maximum atomic E-state index is 12.2. The van der Waals surface area contributed by atoms with Crippen LogP contribution in [0.5, 0.6) is 5.75 Å². The molecule has 0 bridgehead atoms. The first-order valence-corrected chi connectivity index (χ1v) is 9.22. The van der Waals surface area contributed by atoms with Gasteiger partial charge in [0.25, 0.3) is 0 Å². The molecular weight excluding hydrogens is 320 g/mol. The van der Waals surface area contributed by atoms with Crippen LogP contribution < -0.4 is 4.74 Å². The van der Waals surface area contributed by atoms with Crippen molar-refractivity contribution in [2.45, 2.75) is 30.9 Å². The van der Waals surface area contributed by atoms with Crippen LogP contribution >= 0.6 is 0 Å². The molecule has 0 aromatic heterocycles. The first kappa shape index (κ1) is 16.7.